The van der Waals surface area contributed by atoms with Gasteiger partial charge in [0.05, 0.1) is 11.9 Å². The third-order valence-corrected chi connectivity index (χ3v) is 2.33. The minimum Gasteiger partial charge on any atom is -0.272 e. The molecule has 0 aliphatic rings. The van der Waals surface area contributed by atoms with Crippen LogP contribution in [0.2, 0.25) is 0 Å². The zero-order valence-electron chi connectivity index (χ0n) is 10.4. The van der Waals surface area contributed by atoms with Gasteiger partial charge in [0.1, 0.15) is 5.84 Å². The van der Waals surface area contributed by atoms with Gasteiger partial charge in [0, 0.05) is 12.3 Å². The van der Waals surface area contributed by atoms with Crippen molar-refractivity contribution in [2.24, 2.45) is 15.9 Å². The molecule has 0 saturated heterocycles. The number of hydrogen-bond donors (Lipinski definition) is 0. The van der Waals surface area contributed by atoms with Crippen LogP contribution in [0, 0.1) is 5.92 Å². The van der Waals surface area contributed by atoms with Crippen molar-refractivity contribution >= 4 is 12.6 Å². The summed E-state index contributed by atoms with van der Waals surface area (Å²) in [6.07, 6.45) is 3.33. The second-order valence-electron chi connectivity index (χ2n) is 3.95. The van der Waals surface area contributed by atoms with Gasteiger partial charge >= 0.3 is 0 Å². The summed E-state index contributed by atoms with van der Waals surface area (Å²) in [5, 5.41) is 0. The molecule has 0 saturated carbocycles. The number of hydrogen-bond acceptors (Lipinski definition) is 3. The van der Waals surface area contributed by atoms with Crippen LogP contribution in [-0.4, -0.2) is 17.1 Å². The van der Waals surface area contributed by atoms with E-state index in [9.17, 15) is 4.79 Å². The van der Waals surface area contributed by atoms with Crippen molar-refractivity contribution < 1.29 is 0 Å². The van der Waals surface area contributed by atoms with Crippen LogP contribution < -0.4 is 5.56 Å². The lowest BCUT2D eigenvalue weighted by Crippen LogP contribution is -2.23. The predicted molar refractivity (Wildman–Crippen MR) is 71.7 cm³/mol. The number of rotatable bonds is 3. The highest BCUT2D eigenvalue weighted by molar-refractivity contribution is 5.82. The Morgan fingerprint density at radius 1 is 1.47 bits per heavy atom. The fourth-order valence-corrected chi connectivity index (χ4v) is 1.29. The first-order chi connectivity index (χ1) is 8.06. The molecule has 0 spiro atoms. The van der Waals surface area contributed by atoms with E-state index in [1.165, 1.54) is 10.6 Å². The van der Waals surface area contributed by atoms with Crippen LogP contribution in [-0.2, 0) is 0 Å². The Morgan fingerprint density at radius 2 is 2.18 bits per heavy atom. The summed E-state index contributed by atoms with van der Waals surface area (Å²) in [7, 11) is 0. The highest BCUT2D eigenvalue weighted by Crippen LogP contribution is 2.09. The van der Waals surface area contributed by atoms with Crippen LogP contribution in [0.25, 0.3) is 0 Å². The van der Waals surface area contributed by atoms with Gasteiger partial charge < -0.3 is 0 Å². The van der Waals surface area contributed by atoms with Crippen LogP contribution in [0.5, 0.6) is 0 Å². The van der Waals surface area contributed by atoms with Crippen molar-refractivity contribution in [2.45, 2.75) is 20.8 Å². The Labute approximate surface area is 101 Å². The molecule has 1 aromatic heterocycles. The van der Waals surface area contributed by atoms with E-state index < -0.39 is 0 Å². The largest absolute Gasteiger partial charge is 0.272 e. The van der Waals surface area contributed by atoms with Gasteiger partial charge in [0.2, 0.25) is 0 Å². The Balaban J connectivity index is 3.06. The third-order valence-electron chi connectivity index (χ3n) is 2.33. The molecular weight excluding hydrogens is 214 g/mol. The molecule has 1 aromatic rings. The molecule has 1 rings (SSSR count). The van der Waals surface area contributed by atoms with E-state index in [4.69, 9.17) is 0 Å². The van der Waals surface area contributed by atoms with E-state index in [0.717, 1.165) is 5.70 Å². The minimum absolute atomic E-state index is 0.0974. The van der Waals surface area contributed by atoms with Gasteiger partial charge in [0.15, 0.2) is 0 Å². The highest BCUT2D eigenvalue weighted by Gasteiger charge is 2.00. The van der Waals surface area contributed by atoms with Crippen LogP contribution in [0.15, 0.2) is 51.1 Å². The molecular formula is C13H17N3O. The molecule has 17 heavy (non-hydrogen) atoms. The molecule has 0 unspecified atom stereocenters. The normalized spacial score (nSPS) is 12.9. The van der Waals surface area contributed by atoms with E-state index in [1.54, 1.807) is 31.5 Å². The molecule has 0 aliphatic carbocycles. The average molecular weight is 231 g/mol. The van der Waals surface area contributed by atoms with Crippen LogP contribution in [0.3, 0.4) is 0 Å². The van der Waals surface area contributed by atoms with Gasteiger partial charge in [-0.25, -0.2) is 4.99 Å². The SMILES string of the molecule is C=N/C(=C\N=C(C)n1ccccc1=O)C(C)C. The summed E-state index contributed by atoms with van der Waals surface area (Å²) in [5.41, 5.74) is 0.702. The first kappa shape index (κ1) is 13.1. The zero-order valence-corrected chi connectivity index (χ0v) is 10.4. The number of aliphatic imine (C=N–C) groups is 2. The van der Waals surface area contributed by atoms with Gasteiger partial charge in [-0.3, -0.25) is 14.4 Å². The quantitative estimate of drug-likeness (QED) is 0.581. The molecule has 0 radical (unpaired) electrons. The summed E-state index contributed by atoms with van der Waals surface area (Å²) in [6, 6.07) is 4.99. The number of aromatic nitrogens is 1. The Kier molecular flexibility index (Phi) is 4.57. The molecule has 0 N–H and O–H groups in total. The first-order valence-electron chi connectivity index (χ1n) is 5.45. The number of allylic oxidation sites excluding steroid dienone is 1. The average Bonchev–Trinajstić information content (AvgIpc) is 2.29. The number of pyridine rings is 1. The second kappa shape index (κ2) is 5.94. The fraction of sp³-hybridized carbons (Fsp3) is 0.308. The van der Waals surface area contributed by atoms with Gasteiger partial charge in [-0.1, -0.05) is 19.9 Å². The van der Waals surface area contributed by atoms with E-state index in [0.29, 0.717) is 5.84 Å². The molecule has 1 heterocycles. The maximum absolute atomic E-state index is 11.5. The van der Waals surface area contributed by atoms with Crippen LogP contribution in [0.1, 0.15) is 20.8 Å². The van der Waals surface area contributed by atoms with E-state index in [1.807, 2.05) is 13.8 Å². The summed E-state index contributed by atoms with van der Waals surface area (Å²) in [5.74, 6) is 0.869. The van der Waals surface area contributed by atoms with E-state index >= 15 is 0 Å². The Bertz CT molecular complexity index is 509. The van der Waals surface area contributed by atoms with Crippen molar-refractivity contribution in [1.82, 2.24) is 4.57 Å². The maximum Gasteiger partial charge on any atom is 0.255 e. The van der Waals surface area contributed by atoms with Gasteiger partial charge in [-0.05, 0) is 25.6 Å². The monoisotopic (exact) mass is 231 g/mol. The molecule has 0 bridgehead atoms. The smallest absolute Gasteiger partial charge is 0.255 e. The molecule has 0 amide bonds. The molecule has 0 aliphatic heterocycles. The summed E-state index contributed by atoms with van der Waals surface area (Å²) >= 11 is 0. The van der Waals surface area contributed by atoms with E-state index in [2.05, 4.69) is 16.7 Å². The van der Waals surface area contributed by atoms with Gasteiger partial charge in [0.25, 0.3) is 5.56 Å². The lowest BCUT2D eigenvalue weighted by atomic mass is 10.1. The Morgan fingerprint density at radius 3 is 2.71 bits per heavy atom. The van der Waals surface area contributed by atoms with Gasteiger partial charge in [-0.2, -0.15) is 0 Å². The van der Waals surface area contributed by atoms with E-state index in [-0.39, 0.29) is 11.5 Å². The first-order valence-corrected chi connectivity index (χ1v) is 5.45. The minimum atomic E-state index is -0.0974. The van der Waals surface area contributed by atoms with Crippen molar-refractivity contribution in [2.75, 3.05) is 0 Å². The van der Waals surface area contributed by atoms with Crippen LogP contribution >= 0.6 is 0 Å². The highest BCUT2D eigenvalue weighted by atomic mass is 16.1. The van der Waals surface area contributed by atoms with Gasteiger partial charge in [-0.15, -0.1) is 0 Å². The van der Waals surface area contributed by atoms with Crippen molar-refractivity contribution in [3.05, 3.63) is 46.6 Å². The number of nitrogens with zero attached hydrogens (tertiary/aromatic N) is 3. The molecule has 0 atom stereocenters. The van der Waals surface area contributed by atoms with Crippen molar-refractivity contribution in [1.29, 1.82) is 0 Å². The lowest BCUT2D eigenvalue weighted by Gasteiger charge is -2.04. The summed E-state index contributed by atoms with van der Waals surface area (Å²) < 4.78 is 1.48. The third kappa shape index (κ3) is 3.52. The van der Waals surface area contributed by atoms with Crippen LogP contribution in [0.4, 0.5) is 0 Å². The standard InChI is InChI=1S/C13H17N3O/c1-10(2)12(14-4)9-15-11(3)16-8-6-5-7-13(16)17/h5-10H,4H2,1-3H3/b12-9-,15-11?. The van der Waals surface area contributed by atoms with Crippen molar-refractivity contribution in [3.8, 4) is 0 Å². The molecule has 4 heteroatoms. The predicted octanol–water partition coefficient (Wildman–Crippen LogP) is 2.31. The Hall–Kier alpha value is -1.97. The molecule has 0 fully saturated rings. The summed E-state index contributed by atoms with van der Waals surface area (Å²) in [4.78, 5) is 19.7. The topological polar surface area (TPSA) is 46.7 Å². The fourth-order valence-electron chi connectivity index (χ4n) is 1.29. The maximum atomic E-state index is 11.5. The second-order valence-corrected chi connectivity index (χ2v) is 3.95. The van der Waals surface area contributed by atoms with Crippen molar-refractivity contribution in [3.63, 3.8) is 0 Å². The molecule has 90 valence electrons. The molecule has 0 aromatic carbocycles. The lowest BCUT2D eigenvalue weighted by molar-refractivity contribution is 0.756. The molecule has 4 nitrogen and oxygen atoms in total. The summed E-state index contributed by atoms with van der Waals surface area (Å²) in [6.45, 7) is 9.30. The zero-order chi connectivity index (χ0) is 12.8.